The first-order valence-corrected chi connectivity index (χ1v) is 37.7. The summed E-state index contributed by atoms with van der Waals surface area (Å²) in [6, 6.07) is 38.3. The second-order valence-electron chi connectivity index (χ2n) is 30.5. The number of aromatic hydroxyl groups is 1. The van der Waals surface area contributed by atoms with Crippen molar-refractivity contribution in [3.05, 3.63) is 115 Å². The van der Waals surface area contributed by atoms with Crippen LogP contribution < -0.4 is 73.6 Å². The third-order valence-electron chi connectivity index (χ3n) is 22.1. The van der Waals surface area contributed by atoms with E-state index in [0.717, 1.165) is 55.3 Å². The van der Waals surface area contributed by atoms with E-state index in [4.69, 9.17) is 33.9 Å². The van der Waals surface area contributed by atoms with Gasteiger partial charge in [0.15, 0.2) is 43.1 Å². The summed E-state index contributed by atoms with van der Waals surface area (Å²) in [5.41, 5.74) is -3.00. The SMILES string of the molecule is CCC(C)(C)C(=O)O.CCC(C)(C)C(=O)OC(C)C(F)(F)S(=O)(=O)[O-].CCC(C)(C)C(=O)OC1(CC)CC2CC1C1C3CCC(C3)C21.CCC(C)(C)C(=O)OC1C2CC3C(=O)OC1C3O2.CCC(C)(C)C(=O)Oc1ccc(O)cc1.[Cs+].c1ccc([S+](c2ccccc2)c2ccccc2)cc1. The van der Waals surface area contributed by atoms with Crippen molar-refractivity contribution in [2.75, 3.05) is 0 Å². The molecule has 4 aromatic rings. The van der Waals surface area contributed by atoms with Gasteiger partial charge in [-0.3, -0.25) is 28.8 Å². The van der Waals surface area contributed by atoms with Crippen molar-refractivity contribution in [1.29, 1.82) is 0 Å². The average Bonchev–Trinajstić information content (AvgIpc) is 1.54. The Morgan fingerprint density at radius 3 is 1.48 bits per heavy atom. The van der Waals surface area contributed by atoms with Crippen molar-refractivity contribution in [3.8, 4) is 11.5 Å². The number of carbonyl (C=O) groups is 6. The van der Waals surface area contributed by atoms with Gasteiger partial charge in [0, 0.05) is 5.92 Å². The smallest absolute Gasteiger partial charge is 0.743 e. The molecule has 548 valence electrons. The van der Waals surface area contributed by atoms with Crippen molar-refractivity contribution in [1.82, 2.24) is 0 Å². The number of ether oxygens (including phenoxy) is 6. The first-order valence-electron chi connectivity index (χ1n) is 35.1. The van der Waals surface area contributed by atoms with E-state index in [9.17, 15) is 50.5 Å². The maximum absolute atomic E-state index is 13.0. The minimum Gasteiger partial charge on any atom is -0.743 e. The largest absolute Gasteiger partial charge is 1.00 e. The predicted octanol–water partition coefficient (Wildman–Crippen LogP) is 13.4. The van der Waals surface area contributed by atoms with Crippen LogP contribution in [0.4, 0.5) is 8.78 Å². The van der Waals surface area contributed by atoms with Crippen LogP contribution in [-0.2, 0) is 73.5 Å². The van der Waals surface area contributed by atoms with E-state index < -0.39 is 67.3 Å². The number of aliphatic carboxylic acids is 1. The molecule has 100 heavy (non-hydrogen) atoms. The normalized spacial score (nSPS) is 25.3. The molecule has 13 atom stereocenters. The minimum absolute atomic E-state index is 0. The van der Waals surface area contributed by atoms with Crippen LogP contribution in [0.2, 0.25) is 0 Å². The van der Waals surface area contributed by atoms with Gasteiger partial charge in [0.1, 0.15) is 23.2 Å². The summed E-state index contributed by atoms with van der Waals surface area (Å²) in [6.45, 7) is 30.2. The first kappa shape index (κ1) is 86.3. The standard InChI is InChI=1S/C20H32O2.C18H15S.C13H18O5.C12H16O3.C9H16F2O5S.C6H12O2.Cs/c1-5-19(3,4)18(21)22-20(6-2)11-14-10-15(20)17-13-8-7-12(9-13)16(14)17;1-4-10-16(11-5-1)19(17-12-6-2-7-13-17)18-14-8-3-9-15-18;1-4-13(2,3)12(15)18-9-7-5-6-8(16-7)10(9)17-11(6)14;1-4-12(2,3)11(14)15-10-7-5-9(13)6-8-10;1-5-8(3,4)7(12)16-6(2)9(10,11)17(13,14)15;1-4-6(2,3)5(7)8;/h12-17H,5-11H2,1-4H3;1-15H;6-10H,4-5H2,1-3H3;5-8,13H,4H2,1-3H3;6H,5H2,1-4H3,(H,13,14,15);4H2,1-3H3,(H,7,8);/q;+1;;;;;+1/p-1. The number of carboxylic acid groups (broad SMARTS) is 1. The van der Waals surface area contributed by atoms with Crippen LogP contribution in [0.1, 0.15) is 195 Å². The number of alkyl halides is 2. The fourth-order valence-electron chi connectivity index (χ4n) is 13.4. The number of hydrogen-bond acceptors (Lipinski definition) is 16. The Kier molecular flexibility index (Phi) is 30.7. The van der Waals surface area contributed by atoms with Crippen molar-refractivity contribution in [2.45, 2.75) is 251 Å². The fourth-order valence-corrected chi connectivity index (χ4v) is 16.0. The summed E-state index contributed by atoms with van der Waals surface area (Å²) in [6.07, 6.45) is 8.34. The van der Waals surface area contributed by atoms with Gasteiger partial charge in [0.25, 0.3) is 0 Å². The first-order chi connectivity index (χ1) is 46.1. The number of benzene rings is 4. The number of carboxylic acids is 1. The molecule has 2 N–H and O–H groups in total. The summed E-state index contributed by atoms with van der Waals surface area (Å²) in [7, 11) is -5.87. The summed E-state index contributed by atoms with van der Waals surface area (Å²) in [5.74, 6) is 3.47. The molecule has 3 aliphatic heterocycles. The number of carbonyl (C=O) groups excluding carboxylic acids is 5. The number of phenolic OH excluding ortho intramolecular Hbond substituents is 1. The molecule has 0 aromatic heterocycles. The molecule has 6 bridgehead atoms. The molecular weight excluding hydrogens is 1440 g/mol. The van der Waals surface area contributed by atoms with Gasteiger partial charge in [-0.15, -0.1) is 0 Å². The van der Waals surface area contributed by atoms with Crippen LogP contribution in [0.15, 0.2) is 130 Å². The molecule has 13 unspecified atom stereocenters. The maximum atomic E-state index is 13.0. The fraction of sp³-hybridized carbons (Fsp3) is 0.615. The topological polar surface area (TPSA) is 255 Å². The zero-order valence-corrected chi connectivity index (χ0v) is 69.9. The summed E-state index contributed by atoms with van der Waals surface area (Å²) >= 11 is 0. The zero-order valence-electron chi connectivity index (χ0n) is 62.0. The van der Waals surface area contributed by atoms with Crippen molar-refractivity contribution >= 4 is 56.8 Å². The Balaban J connectivity index is 0.000000220. The Morgan fingerprint density at radius 1 is 0.610 bits per heavy atom. The zero-order chi connectivity index (χ0) is 74.0. The average molecular weight is 1550 g/mol. The molecule has 17 nitrogen and oxygen atoms in total. The third-order valence-corrected chi connectivity index (χ3v) is 25.3. The number of phenols is 1. The molecule has 11 rings (SSSR count). The van der Waals surface area contributed by atoms with E-state index in [0.29, 0.717) is 44.3 Å². The second-order valence-corrected chi connectivity index (χ2v) is 34.0. The number of hydrogen-bond donors (Lipinski definition) is 2. The number of fused-ring (bicyclic) bond motifs is 10. The molecule has 0 spiro atoms. The Bertz CT molecular complexity index is 3390. The second kappa shape index (κ2) is 35.6. The molecule has 4 aromatic carbocycles. The van der Waals surface area contributed by atoms with Gasteiger partial charge in [-0.25, -0.2) is 8.42 Å². The van der Waals surface area contributed by atoms with E-state index in [-0.39, 0.29) is 139 Å². The Labute approximate surface area is 654 Å². The Hall–Kier alpha value is -4.37. The third kappa shape index (κ3) is 20.6. The van der Waals surface area contributed by atoms with E-state index >= 15 is 0 Å². The van der Waals surface area contributed by atoms with E-state index in [1.54, 1.807) is 32.9 Å². The molecule has 0 radical (unpaired) electrons. The number of rotatable bonds is 20. The van der Waals surface area contributed by atoms with Gasteiger partial charge in [-0.2, -0.15) is 8.78 Å². The van der Waals surface area contributed by atoms with E-state index in [2.05, 4.69) is 110 Å². The maximum Gasteiger partial charge on any atom is 1.00 e. The van der Waals surface area contributed by atoms with Crippen LogP contribution in [0.25, 0.3) is 0 Å². The van der Waals surface area contributed by atoms with Crippen LogP contribution in [0.3, 0.4) is 0 Å². The van der Waals surface area contributed by atoms with Gasteiger partial charge in [-0.1, -0.05) is 96.1 Å². The minimum atomic E-state index is -5.86. The molecule has 4 saturated carbocycles. The van der Waals surface area contributed by atoms with Crippen LogP contribution >= 0.6 is 0 Å². The quantitative estimate of drug-likeness (QED) is 0.0208. The van der Waals surface area contributed by atoms with E-state index in [1.165, 1.54) is 66.3 Å². The monoisotopic (exact) mass is 1550 g/mol. The van der Waals surface area contributed by atoms with Gasteiger partial charge in [0.05, 0.1) is 50.0 Å². The molecule has 3 heterocycles. The van der Waals surface area contributed by atoms with Crippen LogP contribution in [-0.4, -0.2) is 100 Å². The molecule has 4 aliphatic carbocycles. The van der Waals surface area contributed by atoms with Crippen LogP contribution in [0.5, 0.6) is 11.5 Å². The Morgan fingerprint density at radius 2 is 1.05 bits per heavy atom. The summed E-state index contributed by atoms with van der Waals surface area (Å²) in [4.78, 5) is 73.8. The van der Waals surface area contributed by atoms with Crippen molar-refractivity contribution < 1.29 is 158 Å². The molecular formula is C78H108CsF2O17S2+. The molecule has 7 fully saturated rings. The molecule has 22 heteroatoms. The van der Waals surface area contributed by atoms with E-state index in [1.807, 2.05) is 62.3 Å². The van der Waals surface area contributed by atoms with Gasteiger partial charge < -0.3 is 43.2 Å². The number of esters is 5. The van der Waals surface area contributed by atoms with Crippen molar-refractivity contribution in [3.63, 3.8) is 0 Å². The number of halogens is 2. The van der Waals surface area contributed by atoms with Crippen LogP contribution in [0, 0.1) is 68.5 Å². The molecule has 7 aliphatic rings. The summed E-state index contributed by atoms with van der Waals surface area (Å²) < 4.78 is 89.2. The predicted molar refractivity (Wildman–Crippen MR) is 373 cm³/mol. The van der Waals surface area contributed by atoms with Gasteiger partial charge in [-0.05, 0) is 243 Å². The molecule has 3 saturated heterocycles. The van der Waals surface area contributed by atoms with Gasteiger partial charge in [0.2, 0.25) is 0 Å². The summed E-state index contributed by atoms with van der Waals surface area (Å²) in [5, 5.41) is 12.9. The molecule has 0 amide bonds. The van der Waals surface area contributed by atoms with Crippen molar-refractivity contribution in [2.24, 2.45) is 68.5 Å². The van der Waals surface area contributed by atoms with Gasteiger partial charge >= 0.3 is 110 Å².